The van der Waals surface area contributed by atoms with Crippen molar-refractivity contribution in [3.8, 4) is 11.5 Å². The van der Waals surface area contributed by atoms with E-state index >= 15 is 0 Å². The fourth-order valence-corrected chi connectivity index (χ4v) is 4.10. The number of hydrogen-bond acceptors (Lipinski definition) is 7. The molecule has 0 unspecified atom stereocenters. The molecule has 11 heteroatoms. The summed E-state index contributed by atoms with van der Waals surface area (Å²) in [4.78, 5) is 25.8. The second kappa shape index (κ2) is 8.78. The number of para-hydroxylation sites is 1. The van der Waals surface area contributed by atoms with Crippen molar-refractivity contribution in [2.45, 2.75) is 13.5 Å². The van der Waals surface area contributed by atoms with Gasteiger partial charge in [-0.25, -0.2) is 19.3 Å². The molecule has 35 heavy (non-hydrogen) atoms. The number of primary amides is 1. The van der Waals surface area contributed by atoms with E-state index in [1.165, 1.54) is 12.1 Å². The number of rotatable bonds is 6. The van der Waals surface area contributed by atoms with Crippen LogP contribution in [0.15, 0.2) is 60.8 Å². The highest BCUT2D eigenvalue weighted by Gasteiger charge is 2.22. The van der Waals surface area contributed by atoms with Crippen LogP contribution in [0.4, 0.5) is 10.2 Å². The van der Waals surface area contributed by atoms with Crippen LogP contribution in [-0.2, 0) is 6.54 Å². The molecule has 0 fully saturated rings. The number of pyridine rings is 1. The molecule has 174 valence electrons. The normalized spacial score (nSPS) is 11.2. The van der Waals surface area contributed by atoms with Gasteiger partial charge < -0.3 is 21.1 Å². The van der Waals surface area contributed by atoms with Crippen LogP contribution < -0.4 is 16.5 Å². The third kappa shape index (κ3) is 4.07. The maximum atomic E-state index is 13.7. The Morgan fingerprint density at radius 3 is 2.66 bits per heavy atom. The van der Waals surface area contributed by atoms with Crippen LogP contribution in [0.3, 0.4) is 0 Å². The van der Waals surface area contributed by atoms with E-state index in [4.69, 9.17) is 10.7 Å². The summed E-state index contributed by atoms with van der Waals surface area (Å²) in [6, 6.07) is 14.4. The lowest BCUT2D eigenvalue weighted by molar-refractivity contribution is 0.100. The third-order valence-corrected chi connectivity index (χ3v) is 5.69. The van der Waals surface area contributed by atoms with Crippen LogP contribution in [0, 0.1) is 12.7 Å². The van der Waals surface area contributed by atoms with Gasteiger partial charge in [0.15, 0.2) is 5.82 Å². The van der Waals surface area contributed by atoms with Crippen molar-refractivity contribution in [1.82, 2.24) is 19.4 Å². The number of nitrogens with one attached hydrogen (secondary N) is 1. The molecule has 5 N–H and O–H groups in total. The van der Waals surface area contributed by atoms with Crippen molar-refractivity contribution >= 4 is 40.9 Å². The van der Waals surface area contributed by atoms with Crippen molar-refractivity contribution in [3.05, 3.63) is 83.4 Å². The fraction of sp³-hybridized carbons (Fsp3) is 0.0833. The molecular formula is C24H20BFN6O3. The minimum Gasteiger partial charge on any atom is -0.423 e. The lowest BCUT2D eigenvalue weighted by Gasteiger charge is -2.14. The number of nitrogens with zero attached hydrogens (tertiary/aromatic N) is 4. The van der Waals surface area contributed by atoms with Crippen LogP contribution in [0.2, 0.25) is 0 Å². The van der Waals surface area contributed by atoms with E-state index < -0.39 is 13.0 Å². The van der Waals surface area contributed by atoms with E-state index in [0.29, 0.717) is 39.3 Å². The molecule has 0 spiro atoms. The monoisotopic (exact) mass is 470 g/mol. The summed E-state index contributed by atoms with van der Waals surface area (Å²) in [5.41, 5.74) is 8.43. The Hall–Kier alpha value is -4.35. The number of halogens is 1. The Balaban J connectivity index is 1.72. The van der Waals surface area contributed by atoms with Crippen molar-refractivity contribution in [2.75, 3.05) is 5.32 Å². The van der Waals surface area contributed by atoms with Gasteiger partial charge in [0.25, 0.3) is 5.91 Å². The van der Waals surface area contributed by atoms with Gasteiger partial charge >= 0.3 is 7.12 Å². The van der Waals surface area contributed by atoms with Gasteiger partial charge in [0, 0.05) is 23.6 Å². The van der Waals surface area contributed by atoms with Crippen LogP contribution in [0.25, 0.3) is 28.1 Å². The molecule has 0 saturated carbocycles. The average Bonchev–Trinajstić information content (AvgIpc) is 3.17. The highest BCUT2D eigenvalue weighted by atomic mass is 19.1. The Labute approximate surface area is 199 Å². The van der Waals surface area contributed by atoms with E-state index in [2.05, 4.69) is 15.3 Å². The molecule has 1 amide bonds. The fourth-order valence-electron chi connectivity index (χ4n) is 4.10. The first-order chi connectivity index (χ1) is 16.8. The quantitative estimate of drug-likeness (QED) is 0.278. The third-order valence-electron chi connectivity index (χ3n) is 5.69. The van der Waals surface area contributed by atoms with Crippen molar-refractivity contribution in [3.63, 3.8) is 0 Å². The number of benzene rings is 2. The van der Waals surface area contributed by atoms with Gasteiger partial charge in [0.2, 0.25) is 0 Å². The summed E-state index contributed by atoms with van der Waals surface area (Å²) in [7, 11) is -1.76. The van der Waals surface area contributed by atoms with Gasteiger partial charge in [-0.3, -0.25) is 9.20 Å². The topological polar surface area (TPSA) is 139 Å². The number of aromatic nitrogens is 4. The number of carbonyl (C=O) groups is 1. The molecule has 0 saturated heterocycles. The Morgan fingerprint density at radius 2 is 1.91 bits per heavy atom. The Bertz CT molecular complexity index is 1600. The standard InChI is InChI=1S/C24H20BFN6O3/c1-13-20(32-10-4-8-17(21(27)33)24(32)29-13)23-30-19-16(7-3-9-18(19)25(34)35)22(31-23)28-12-14-5-2-6-15(26)11-14/h2-11,34-35H,12H2,1H3,(H2,27,33)(H,28,30,31). The molecule has 2 aromatic carbocycles. The largest absolute Gasteiger partial charge is 0.490 e. The molecule has 9 nitrogen and oxygen atoms in total. The van der Waals surface area contributed by atoms with Gasteiger partial charge in [0.05, 0.1) is 16.8 Å². The zero-order valence-electron chi connectivity index (χ0n) is 18.6. The molecule has 0 aliphatic heterocycles. The molecular weight excluding hydrogens is 450 g/mol. The van der Waals surface area contributed by atoms with E-state index in [9.17, 15) is 19.2 Å². The summed E-state index contributed by atoms with van der Waals surface area (Å²) >= 11 is 0. The second-order valence-corrected chi connectivity index (χ2v) is 8.02. The van der Waals surface area contributed by atoms with E-state index in [0.717, 1.165) is 0 Å². The van der Waals surface area contributed by atoms with E-state index in [1.54, 1.807) is 60.0 Å². The minimum atomic E-state index is -1.76. The number of fused-ring (bicyclic) bond motifs is 2. The molecule has 0 radical (unpaired) electrons. The summed E-state index contributed by atoms with van der Waals surface area (Å²) in [5.74, 6) is -0.305. The maximum Gasteiger partial charge on any atom is 0.490 e. The first-order valence-corrected chi connectivity index (χ1v) is 10.8. The van der Waals surface area contributed by atoms with E-state index in [-0.39, 0.29) is 29.2 Å². The summed E-state index contributed by atoms with van der Waals surface area (Å²) in [6.45, 7) is 2.03. The van der Waals surface area contributed by atoms with Crippen molar-refractivity contribution in [1.29, 1.82) is 0 Å². The lowest BCUT2D eigenvalue weighted by atomic mass is 9.79. The molecule has 5 rings (SSSR count). The maximum absolute atomic E-state index is 13.7. The van der Waals surface area contributed by atoms with Crippen molar-refractivity contribution in [2.24, 2.45) is 5.73 Å². The van der Waals surface area contributed by atoms with Gasteiger partial charge in [-0.05, 0) is 42.8 Å². The second-order valence-electron chi connectivity index (χ2n) is 8.02. The molecule has 3 aromatic heterocycles. The van der Waals surface area contributed by atoms with E-state index in [1.807, 2.05) is 0 Å². The van der Waals surface area contributed by atoms with Gasteiger partial charge in [-0.2, -0.15) is 0 Å². The zero-order valence-corrected chi connectivity index (χ0v) is 18.6. The summed E-state index contributed by atoms with van der Waals surface area (Å²) in [5, 5.41) is 23.7. The van der Waals surface area contributed by atoms with Crippen LogP contribution in [-0.4, -0.2) is 42.4 Å². The molecule has 0 aliphatic rings. The first-order valence-electron chi connectivity index (χ1n) is 10.8. The Kier molecular flexibility index (Phi) is 5.63. The number of aryl methyl sites for hydroxylation is 1. The Morgan fingerprint density at radius 1 is 1.11 bits per heavy atom. The molecule has 5 aromatic rings. The van der Waals surface area contributed by atoms with Crippen molar-refractivity contribution < 1.29 is 19.2 Å². The zero-order chi connectivity index (χ0) is 24.7. The average molecular weight is 470 g/mol. The van der Waals surface area contributed by atoms with Crippen LogP contribution in [0.1, 0.15) is 21.6 Å². The number of imidazole rings is 1. The molecule has 0 atom stereocenters. The summed E-state index contributed by atoms with van der Waals surface area (Å²) in [6.07, 6.45) is 1.72. The number of anilines is 1. The van der Waals surface area contributed by atoms with Gasteiger partial charge in [-0.15, -0.1) is 0 Å². The smallest absolute Gasteiger partial charge is 0.423 e. The van der Waals surface area contributed by atoms with Crippen LogP contribution in [0.5, 0.6) is 0 Å². The highest BCUT2D eigenvalue weighted by molar-refractivity contribution is 6.61. The molecule has 3 heterocycles. The number of carbonyl (C=O) groups excluding carboxylic acids is 1. The lowest BCUT2D eigenvalue weighted by Crippen LogP contribution is -2.31. The first kappa shape index (κ1) is 22.4. The summed E-state index contributed by atoms with van der Waals surface area (Å²) < 4.78 is 15.3. The number of amides is 1. The highest BCUT2D eigenvalue weighted by Crippen LogP contribution is 2.28. The predicted octanol–water partition coefficient (Wildman–Crippen LogP) is 1.78. The SMILES string of the molecule is Cc1nc2c(C(N)=O)cccn2c1-c1nc(NCc2cccc(F)c2)c2cccc(B(O)O)c2n1. The molecule has 0 aliphatic carbocycles. The molecule has 0 bridgehead atoms. The van der Waals surface area contributed by atoms with Gasteiger partial charge in [0.1, 0.15) is 23.0 Å². The van der Waals surface area contributed by atoms with Crippen LogP contribution >= 0.6 is 0 Å². The minimum absolute atomic E-state index is 0.198. The predicted molar refractivity (Wildman–Crippen MR) is 131 cm³/mol. The van der Waals surface area contributed by atoms with Gasteiger partial charge in [-0.1, -0.05) is 24.3 Å². The number of hydrogen-bond donors (Lipinski definition) is 4. The number of nitrogens with two attached hydrogens (primary N) is 1.